The van der Waals surface area contributed by atoms with E-state index in [-0.39, 0.29) is 5.41 Å². The molecule has 0 unspecified atom stereocenters. The number of fused-ring (bicyclic) bond motifs is 1. The summed E-state index contributed by atoms with van der Waals surface area (Å²) >= 11 is 0. The summed E-state index contributed by atoms with van der Waals surface area (Å²) in [6.07, 6.45) is 1.05. The van der Waals surface area contributed by atoms with E-state index in [1.807, 2.05) is 0 Å². The van der Waals surface area contributed by atoms with E-state index in [9.17, 15) is 0 Å². The van der Waals surface area contributed by atoms with Crippen LogP contribution >= 0.6 is 7.26 Å². The lowest BCUT2D eigenvalue weighted by Crippen LogP contribution is -2.34. The molecule has 1 nitrogen and oxygen atoms in total. The maximum Gasteiger partial charge on any atom is 0.123 e. The van der Waals surface area contributed by atoms with Crippen LogP contribution in [0.25, 0.3) is 0 Å². The fraction of sp³-hybridized carbons (Fsp3) is 0.226. The van der Waals surface area contributed by atoms with Gasteiger partial charge in [-0.3, -0.25) is 0 Å². The summed E-state index contributed by atoms with van der Waals surface area (Å²) in [5.41, 5.74) is 3.16. The fourth-order valence-electron chi connectivity index (χ4n) is 5.34. The summed E-state index contributed by atoms with van der Waals surface area (Å²) in [5, 5.41) is 4.26. The molecule has 0 amide bonds. The molecule has 1 aliphatic rings. The summed E-state index contributed by atoms with van der Waals surface area (Å²) in [5.74, 6) is 1.05. The van der Waals surface area contributed by atoms with Crippen LogP contribution in [0.2, 0.25) is 0 Å². The van der Waals surface area contributed by atoms with Crippen molar-refractivity contribution in [2.75, 3.05) is 6.61 Å². The topological polar surface area (TPSA) is 9.23 Å². The Labute approximate surface area is 198 Å². The molecule has 0 N–H and O–H groups in total. The zero-order chi connectivity index (χ0) is 22.9. The maximum absolute atomic E-state index is 6.04. The molecule has 166 valence electrons. The first-order chi connectivity index (χ1) is 16.0. The maximum atomic E-state index is 6.04. The Morgan fingerprint density at radius 1 is 0.697 bits per heavy atom. The van der Waals surface area contributed by atoms with Gasteiger partial charge in [0.15, 0.2) is 0 Å². The fourth-order valence-corrected chi connectivity index (χ4v) is 10.1. The van der Waals surface area contributed by atoms with Gasteiger partial charge in [-0.05, 0) is 72.9 Å². The van der Waals surface area contributed by atoms with Crippen molar-refractivity contribution in [3.05, 3.63) is 120 Å². The van der Waals surface area contributed by atoms with Gasteiger partial charge in [0.05, 0.1) is 6.61 Å². The van der Waals surface area contributed by atoms with Gasteiger partial charge in [-0.25, -0.2) is 0 Å². The Morgan fingerprint density at radius 3 is 1.67 bits per heavy atom. The third kappa shape index (κ3) is 3.79. The summed E-state index contributed by atoms with van der Waals surface area (Å²) < 4.78 is 6.04. The highest BCUT2D eigenvalue weighted by molar-refractivity contribution is 7.95. The quantitative estimate of drug-likeness (QED) is 0.303. The molecule has 0 saturated heterocycles. The lowest BCUT2D eigenvalue weighted by atomic mass is 9.79. The molecule has 0 aromatic heterocycles. The number of hydrogen-bond donors (Lipinski definition) is 0. The molecule has 33 heavy (non-hydrogen) atoms. The summed E-state index contributed by atoms with van der Waals surface area (Å²) in [4.78, 5) is 0. The van der Waals surface area contributed by atoms with Gasteiger partial charge in [-0.1, -0.05) is 74.5 Å². The van der Waals surface area contributed by atoms with Crippen LogP contribution in [0.15, 0.2) is 109 Å². The minimum atomic E-state index is -1.98. The van der Waals surface area contributed by atoms with Crippen molar-refractivity contribution in [3.8, 4) is 5.75 Å². The van der Waals surface area contributed by atoms with E-state index in [0.717, 1.165) is 18.8 Å². The first-order valence-electron chi connectivity index (χ1n) is 11.9. The number of hydrogen-bond acceptors (Lipinski definition) is 1. The molecule has 0 fully saturated rings. The average molecular weight is 452 g/mol. The molecule has 0 aliphatic carbocycles. The Kier molecular flexibility index (Phi) is 5.85. The van der Waals surface area contributed by atoms with Crippen LogP contribution < -0.4 is 20.7 Å². The molecule has 1 aliphatic heterocycles. The summed E-state index contributed by atoms with van der Waals surface area (Å²) in [6.45, 7) is 7.91. The average Bonchev–Trinajstić information content (AvgIpc) is 2.86. The predicted molar refractivity (Wildman–Crippen MR) is 143 cm³/mol. The molecule has 4 aromatic rings. The summed E-state index contributed by atoms with van der Waals surface area (Å²) in [6, 6.07) is 40.4. The number of rotatable bonds is 5. The Balaban J connectivity index is 1.78. The second kappa shape index (κ2) is 8.81. The zero-order valence-corrected chi connectivity index (χ0v) is 20.6. The van der Waals surface area contributed by atoms with Crippen LogP contribution in [0.1, 0.15) is 44.0 Å². The normalized spacial score (nSPS) is 15.8. The van der Waals surface area contributed by atoms with E-state index >= 15 is 0 Å². The van der Waals surface area contributed by atoms with Gasteiger partial charge in [-0.2, -0.15) is 0 Å². The highest BCUT2D eigenvalue weighted by Crippen LogP contribution is 2.66. The van der Waals surface area contributed by atoms with Crippen LogP contribution in [0, 0.1) is 0 Å². The van der Waals surface area contributed by atoms with Gasteiger partial charge in [0.1, 0.15) is 34.6 Å². The molecule has 5 rings (SSSR count). The van der Waals surface area contributed by atoms with Crippen molar-refractivity contribution in [3.63, 3.8) is 0 Å². The third-order valence-corrected chi connectivity index (χ3v) is 12.1. The molecule has 4 aromatic carbocycles. The zero-order valence-electron chi connectivity index (χ0n) is 19.7. The molecule has 1 heterocycles. The van der Waals surface area contributed by atoms with Crippen LogP contribution in [0.3, 0.4) is 0 Å². The van der Waals surface area contributed by atoms with Crippen LogP contribution in [-0.2, 0) is 5.41 Å². The lowest BCUT2D eigenvalue weighted by Gasteiger charge is -2.36. The van der Waals surface area contributed by atoms with E-state index in [1.54, 1.807) is 0 Å². The SMILES string of the molecule is C[C@H](c1ccc2c(c1)C(C)(C)CCO2)[P+](c1ccccc1)(c1ccccc1)c1ccccc1. The van der Waals surface area contributed by atoms with Crippen molar-refractivity contribution in [1.82, 2.24) is 0 Å². The second-order valence-corrected chi connectivity index (χ2v) is 13.4. The molecular formula is C31H32OP+. The molecule has 2 heteroatoms. The summed E-state index contributed by atoms with van der Waals surface area (Å²) in [7, 11) is -1.98. The van der Waals surface area contributed by atoms with Gasteiger partial charge >= 0.3 is 0 Å². The largest absolute Gasteiger partial charge is 0.493 e. The Bertz CT molecular complexity index is 1120. The van der Waals surface area contributed by atoms with Gasteiger partial charge in [0.25, 0.3) is 0 Å². The highest BCUT2D eigenvalue weighted by atomic mass is 31.2. The lowest BCUT2D eigenvalue weighted by molar-refractivity contribution is 0.234. The molecule has 0 radical (unpaired) electrons. The van der Waals surface area contributed by atoms with Crippen LogP contribution in [0.4, 0.5) is 0 Å². The molecular weight excluding hydrogens is 419 g/mol. The van der Waals surface area contributed by atoms with Gasteiger partial charge in [0, 0.05) is 5.56 Å². The van der Waals surface area contributed by atoms with E-state index in [4.69, 9.17) is 4.74 Å². The van der Waals surface area contributed by atoms with Crippen molar-refractivity contribution in [1.29, 1.82) is 0 Å². The minimum Gasteiger partial charge on any atom is -0.493 e. The first-order valence-corrected chi connectivity index (χ1v) is 13.7. The monoisotopic (exact) mass is 451 g/mol. The molecule has 1 atom stereocenters. The number of ether oxygens (including phenoxy) is 1. The third-order valence-electron chi connectivity index (χ3n) is 7.27. The van der Waals surface area contributed by atoms with E-state index in [0.29, 0.717) is 5.66 Å². The van der Waals surface area contributed by atoms with E-state index in [1.165, 1.54) is 27.0 Å². The Morgan fingerprint density at radius 2 is 1.18 bits per heavy atom. The Hall–Kier alpha value is -2.89. The van der Waals surface area contributed by atoms with E-state index in [2.05, 4.69) is 130 Å². The van der Waals surface area contributed by atoms with E-state index < -0.39 is 7.26 Å². The highest BCUT2D eigenvalue weighted by Gasteiger charge is 2.51. The van der Waals surface area contributed by atoms with Crippen molar-refractivity contribution in [2.24, 2.45) is 0 Å². The standard InChI is InChI=1S/C31H32OP/c1-24(25-19-20-30-29(23-25)31(2,3)21-22-32-30)33(26-13-7-4-8-14-26,27-15-9-5-10-16-27)28-17-11-6-12-18-28/h4-20,23-24H,21-22H2,1-3H3/q+1/t24-/m1/s1. The minimum absolute atomic E-state index is 0.122. The van der Waals surface area contributed by atoms with Crippen molar-refractivity contribution in [2.45, 2.75) is 38.3 Å². The van der Waals surface area contributed by atoms with Crippen LogP contribution in [0.5, 0.6) is 5.75 Å². The van der Waals surface area contributed by atoms with Crippen molar-refractivity contribution < 1.29 is 4.74 Å². The molecule has 0 saturated carbocycles. The van der Waals surface area contributed by atoms with Crippen molar-refractivity contribution >= 4 is 23.2 Å². The molecule has 0 bridgehead atoms. The molecule has 0 spiro atoms. The van der Waals surface area contributed by atoms with Gasteiger partial charge < -0.3 is 4.74 Å². The first kappa shape index (κ1) is 21.9. The number of benzene rings is 4. The van der Waals surface area contributed by atoms with Gasteiger partial charge in [0.2, 0.25) is 0 Å². The second-order valence-electron chi connectivity index (χ2n) is 9.64. The smallest absolute Gasteiger partial charge is 0.123 e. The van der Waals surface area contributed by atoms with Gasteiger partial charge in [-0.15, -0.1) is 0 Å². The van der Waals surface area contributed by atoms with Crippen LogP contribution in [-0.4, -0.2) is 6.61 Å². The predicted octanol–water partition coefficient (Wildman–Crippen LogP) is 6.80.